The van der Waals surface area contributed by atoms with Crippen LogP contribution in [-0.2, 0) is 18.9 Å². The van der Waals surface area contributed by atoms with E-state index in [1.54, 1.807) is 6.33 Å². The van der Waals surface area contributed by atoms with Gasteiger partial charge in [-0.1, -0.05) is 0 Å². The molecular weight excluding hydrogens is 488 g/mol. The van der Waals surface area contributed by atoms with E-state index in [-0.39, 0.29) is 36.0 Å². The number of carbonyl (C=O) groups excluding carboxylic acids is 1. The first-order chi connectivity index (χ1) is 18.0. The van der Waals surface area contributed by atoms with Crippen molar-refractivity contribution < 1.29 is 23.7 Å². The van der Waals surface area contributed by atoms with Gasteiger partial charge in [-0.25, -0.2) is 14.3 Å². The van der Waals surface area contributed by atoms with E-state index in [0.717, 1.165) is 49.4 Å². The summed E-state index contributed by atoms with van der Waals surface area (Å²) in [4.78, 5) is 21.3. The van der Waals surface area contributed by atoms with Crippen LogP contribution in [0.15, 0.2) is 18.5 Å². The molecule has 0 unspecified atom stereocenters. The molecule has 4 fully saturated rings. The molecule has 4 aliphatic rings. The van der Waals surface area contributed by atoms with E-state index in [2.05, 4.69) is 20.3 Å². The van der Waals surface area contributed by atoms with Crippen LogP contribution in [0.2, 0.25) is 0 Å². The predicted octanol–water partition coefficient (Wildman–Crippen LogP) is 3.21. The number of rotatable bonds is 4. The lowest BCUT2D eigenvalue weighted by Crippen LogP contribution is -2.66. The van der Waals surface area contributed by atoms with Crippen molar-refractivity contribution in [2.75, 3.05) is 38.5 Å². The zero-order chi connectivity index (χ0) is 26.9. The first-order valence-corrected chi connectivity index (χ1v) is 13.7. The highest BCUT2D eigenvalue weighted by molar-refractivity contribution is 5.68. The van der Waals surface area contributed by atoms with Crippen LogP contribution in [0.4, 0.5) is 10.6 Å². The van der Waals surface area contributed by atoms with Crippen molar-refractivity contribution in [2.45, 2.75) is 95.2 Å². The second-order valence-electron chi connectivity index (χ2n) is 12.5. The molecule has 0 aromatic carbocycles. The van der Waals surface area contributed by atoms with Gasteiger partial charge in [-0.05, 0) is 66.0 Å². The van der Waals surface area contributed by atoms with E-state index in [1.807, 2.05) is 63.2 Å². The molecule has 11 heteroatoms. The van der Waals surface area contributed by atoms with Crippen LogP contribution in [0.1, 0.15) is 65.7 Å². The van der Waals surface area contributed by atoms with Crippen LogP contribution in [0.3, 0.4) is 0 Å². The number of piperidine rings is 1. The van der Waals surface area contributed by atoms with Crippen molar-refractivity contribution >= 4 is 17.4 Å². The van der Waals surface area contributed by atoms with Crippen LogP contribution in [0, 0.1) is 0 Å². The minimum absolute atomic E-state index is 0.0983. The summed E-state index contributed by atoms with van der Waals surface area (Å²) in [5, 5.41) is 7.64. The molecule has 0 bridgehead atoms. The Bertz CT molecular complexity index is 1200. The maximum Gasteiger partial charge on any atom is 0.410 e. The highest BCUT2D eigenvalue weighted by Gasteiger charge is 2.58. The van der Waals surface area contributed by atoms with Crippen LogP contribution in [0.5, 0.6) is 0 Å². The van der Waals surface area contributed by atoms with Gasteiger partial charge in [0, 0.05) is 38.8 Å². The molecule has 4 atom stereocenters. The maximum atomic E-state index is 12.6. The molecule has 0 radical (unpaired) electrons. The van der Waals surface area contributed by atoms with E-state index in [4.69, 9.17) is 18.9 Å². The fourth-order valence-corrected chi connectivity index (χ4v) is 6.52. The average Bonchev–Trinajstić information content (AvgIpc) is 3.51. The Labute approximate surface area is 223 Å². The normalized spacial score (nSPS) is 30.4. The summed E-state index contributed by atoms with van der Waals surface area (Å²) in [6, 6.07) is 4.05. The van der Waals surface area contributed by atoms with Crippen molar-refractivity contribution in [1.29, 1.82) is 0 Å². The lowest BCUT2D eigenvalue weighted by Gasteiger charge is -2.57. The Hall–Kier alpha value is -2.47. The molecule has 4 saturated heterocycles. The van der Waals surface area contributed by atoms with Crippen molar-refractivity contribution in [3.05, 3.63) is 24.2 Å². The lowest BCUT2D eigenvalue weighted by atomic mass is 9.76. The van der Waals surface area contributed by atoms with Crippen molar-refractivity contribution in [1.82, 2.24) is 24.4 Å². The standard InChI is InChI=1S/C27H40N6O5/c1-25(2,3)38-24(34)31-12-9-27(10-13-31)11-14-32(27)15-19-21-22(37-26(4,5)36-21)20(35-19)17-7-8-18-23(28-6)29-16-30-33(17)18/h7-8,16,19-22H,9-15H2,1-6H3,(H,28,29,30)/t19-,20+,21-,22+/m1/s1. The molecule has 1 N–H and O–H groups in total. The number of ether oxygens (including phenoxy) is 4. The highest BCUT2D eigenvalue weighted by Crippen LogP contribution is 2.48. The lowest BCUT2D eigenvalue weighted by molar-refractivity contribution is -0.194. The van der Waals surface area contributed by atoms with Gasteiger partial charge in [0.25, 0.3) is 0 Å². The third-order valence-electron chi connectivity index (χ3n) is 8.42. The topological polar surface area (TPSA) is 103 Å². The van der Waals surface area contributed by atoms with Crippen LogP contribution >= 0.6 is 0 Å². The second kappa shape index (κ2) is 9.04. The van der Waals surface area contributed by atoms with Gasteiger partial charge in [0.2, 0.25) is 0 Å². The van der Waals surface area contributed by atoms with Gasteiger partial charge in [0.1, 0.15) is 41.9 Å². The maximum absolute atomic E-state index is 12.6. The largest absolute Gasteiger partial charge is 0.444 e. The van der Waals surface area contributed by atoms with Crippen LogP contribution < -0.4 is 5.32 Å². The van der Waals surface area contributed by atoms with Gasteiger partial charge >= 0.3 is 6.09 Å². The Morgan fingerprint density at radius 3 is 2.50 bits per heavy atom. The third-order valence-corrected chi connectivity index (χ3v) is 8.42. The summed E-state index contributed by atoms with van der Waals surface area (Å²) in [6.45, 7) is 12.9. The molecule has 6 rings (SSSR count). The number of nitrogens with one attached hydrogen (secondary N) is 1. The fraction of sp³-hybridized carbons (Fsp3) is 0.741. The number of likely N-dealkylation sites (tertiary alicyclic amines) is 2. The number of fused-ring (bicyclic) bond motifs is 2. The van der Waals surface area contributed by atoms with Gasteiger partial charge in [-0.3, -0.25) is 4.90 Å². The number of nitrogens with zero attached hydrogens (tertiary/aromatic N) is 5. The Morgan fingerprint density at radius 1 is 1.13 bits per heavy atom. The smallest absolute Gasteiger partial charge is 0.410 e. The SMILES string of the molecule is CNc1ncnn2c([C@@H]3O[C@H](CN4CCC45CCN(C(=O)OC(C)(C)C)CC5)[C@H]4OC(C)(C)O[C@H]43)ccc12. The molecule has 208 valence electrons. The first kappa shape index (κ1) is 25.8. The van der Waals surface area contributed by atoms with Gasteiger partial charge < -0.3 is 29.2 Å². The summed E-state index contributed by atoms with van der Waals surface area (Å²) in [6.07, 6.45) is 3.50. The van der Waals surface area contributed by atoms with E-state index in [9.17, 15) is 4.79 Å². The average molecular weight is 529 g/mol. The van der Waals surface area contributed by atoms with Gasteiger partial charge in [0.15, 0.2) is 11.6 Å². The second-order valence-corrected chi connectivity index (χ2v) is 12.5. The summed E-state index contributed by atoms with van der Waals surface area (Å²) in [5.41, 5.74) is 1.44. The number of aromatic nitrogens is 3. The molecule has 38 heavy (non-hydrogen) atoms. The minimum atomic E-state index is -0.681. The molecule has 4 aliphatic heterocycles. The van der Waals surface area contributed by atoms with E-state index in [1.165, 1.54) is 0 Å². The number of hydrogen-bond donors (Lipinski definition) is 1. The van der Waals surface area contributed by atoms with Gasteiger partial charge in [-0.2, -0.15) is 5.10 Å². The quantitative estimate of drug-likeness (QED) is 0.641. The van der Waals surface area contributed by atoms with E-state index >= 15 is 0 Å². The summed E-state index contributed by atoms with van der Waals surface area (Å²) in [5.74, 6) is 0.0839. The molecule has 1 amide bonds. The third kappa shape index (κ3) is 4.43. The Morgan fingerprint density at radius 2 is 1.84 bits per heavy atom. The fourth-order valence-electron chi connectivity index (χ4n) is 6.52. The highest BCUT2D eigenvalue weighted by atomic mass is 16.8. The molecule has 0 saturated carbocycles. The zero-order valence-corrected chi connectivity index (χ0v) is 23.3. The molecule has 1 spiro atoms. The molecule has 2 aromatic heterocycles. The summed E-state index contributed by atoms with van der Waals surface area (Å²) >= 11 is 0. The Kier molecular flexibility index (Phi) is 6.14. The molecule has 6 heterocycles. The number of hydrogen-bond acceptors (Lipinski definition) is 9. The molecule has 2 aromatic rings. The van der Waals surface area contributed by atoms with E-state index in [0.29, 0.717) is 13.1 Å². The summed E-state index contributed by atoms with van der Waals surface area (Å²) in [7, 11) is 1.85. The molecular formula is C27H40N6O5. The van der Waals surface area contributed by atoms with E-state index < -0.39 is 11.4 Å². The first-order valence-electron chi connectivity index (χ1n) is 13.7. The zero-order valence-electron chi connectivity index (χ0n) is 23.3. The number of carbonyl (C=O) groups is 1. The number of amides is 1. The molecule has 0 aliphatic carbocycles. The Balaban J connectivity index is 1.17. The molecule has 11 nitrogen and oxygen atoms in total. The van der Waals surface area contributed by atoms with Crippen LogP contribution in [-0.4, -0.2) is 99.0 Å². The minimum Gasteiger partial charge on any atom is -0.444 e. The summed E-state index contributed by atoms with van der Waals surface area (Å²) < 4.78 is 27.0. The van der Waals surface area contributed by atoms with Crippen molar-refractivity contribution in [3.8, 4) is 0 Å². The van der Waals surface area contributed by atoms with Crippen molar-refractivity contribution in [2.24, 2.45) is 0 Å². The van der Waals surface area contributed by atoms with Gasteiger partial charge in [-0.15, -0.1) is 0 Å². The van der Waals surface area contributed by atoms with Crippen LogP contribution in [0.25, 0.3) is 5.52 Å². The van der Waals surface area contributed by atoms with Crippen molar-refractivity contribution in [3.63, 3.8) is 0 Å². The predicted molar refractivity (Wildman–Crippen MR) is 140 cm³/mol. The van der Waals surface area contributed by atoms with Gasteiger partial charge in [0.05, 0.1) is 5.69 Å². The monoisotopic (exact) mass is 528 g/mol. The number of anilines is 1.